The molecule has 0 fully saturated rings. The van der Waals surface area contributed by atoms with Gasteiger partial charge in [0.25, 0.3) is 5.69 Å². The number of aromatic nitrogens is 2. The van der Waals surface area contributed by atoms with Crippen molar-refractivity contribution in [1.82, 2.24) is 15.5 Å². The number of hydrogen-bond donors (Lipinski definition) is 1. The minimum absolute atomic E-state index is 0.0245. The van der Waals surface area contributed by atoms with Gasteiger partial charge in [-0.1, -0.05) is 67.9 Å². The van der Waals surface area contributed by atoms with E-state index in [0.29, 0.717) is 12.2 Å². The topological polar surface area (TPSA) is 120 Å². The van der Waals surface area contributed by atoms with Crippen LogP contribution in [0.5, 0.6) is 0 Å². The van der Waals surface area contributed by atoms with Crippen LogP contribution in [0.2, 0.25) is 0 Å². The fourth-order valence-electron chi connectivity index (χ4n) is 2.97. The summed E-state index contributed by atoms with van der Waals surface area (Å²) in [6.07, 6.45) is 0.768. The van der Waals surface area contributed by atoms with Crippen molar-refractivity contribution in [3.8, 4) is 11.4 Å². The third-order valence-corrected chi connectivity index (χ3v) is 4.90. The van der Waals surface area contributed by atoms with E-state index in [4.69, 9.17) is 9.26 Å². The molecular weight excluding hydrogens is 400 g/mol. The molecule has 0 aliphatic heterocycles. The van der Waals surface area contributed by atoms with Gasteiger partial charge in [-0.05, 0) is 11.5 Å². The summed E-state index contributed by atoms with van der Waals surface area (Å²) >= 11 is 0. The molecule has 1 amide bonds. The largest absolute Gasteiger partial charge is 0.367 e. The van der Waals surface area contributed by atoms with Crippen molar-refractivity contribution in [3.63, 3.8) is 0 Å². The van der Waals surface area contributed by atoms with Crippen LogP contribution in [0.3, 0.4) is 0 Å². The van der Waals surface area contributed by atoms with Crippen LogP contribution in [-0.2, 0) is 16.1 Å². The second-order valence-electron chi connectivity index (χ2n) is 7.17. The van der Waals surface area contributed by atoms with Crippen molar-refractivity contribution >= 4 is 11.6 Å². The molecule has 3 aromatic rings. The van der Waals surface area contributed by atoms with Crippen molar-refractivity contribution in [1.29, 1.82) is 0 Å². The van der Waals surface area contributed by atoms with E-state index in [1.807, 2.05) is 44.2 Å². The molecule has 0 saturated heterocycles. The van der Waals surface area contributed by atoms with Gasteiger partial charge in [0.1, 0.15) is 12.6 Å². The van der Waals surface area contributed by atoms with Crippen LogP contribution < -0.4 is 5.32 Å². The molecule has 1 aromatic heterocycles. The predicted molar refractivity (Wildman–Crippen MR) is 113 cm³/mol. The zero-order valence-corrected chi connectivity index (χ0v) is 17.4. The van der Waals surface area contributed by atoms with Gasteiger partial charge in [0.2, 0.25) is 17.6 Å². The van der Waals surface area contributed by atoms with E-state index >= 15 is 0 Å². The Labute approximate surface area is 179 Å². The van der Waals surface area contributed by atoms with Gasteiger partial charge in [-0.25, -0.2) is 0 Å². The van der Waals surface area contributed by atoms with E-state index in [1.54, 1.807) is 12.1 Å². The Morgan fingerprint density at radius 3 is 2.71 bits per heavy atom. The SMILES string of the molecule is CC[C@@H](C)[C@@H](NC(=O)COCc1ccccc1)c1nc(-c2cccc([N+](=O)[O-])c2)no1. The van der Waals surface area contributed by atoms with Gasteiger partial charge >= 0.3 is 0 Å². The molecule has 0 spiro atoms. The summed E-state index contributed by atoms with van der Waals surface area (Å²) in [5.74, 6) is 0.196. The standard InChI is InChI=1S/C22H24N4O5/c1-3-15(2)20(23-19(27)14-30-13-16-8-5-4-6-9-16)22-24-21(25-31-22)17-10-7-11-18(12-17)26(28)29/h4-12,15,20H,3,13-14H2,1-2H3,(H,23,27)/t15-,20-/m1/s1. The lowest BCUT2D eigenvalue weighted by atomic mass is 9.99. The molecule has 2 atom stereocenters. The molecule has 9 heteroatoms. The minimum atomic E-state index is -0.502. The van der Waals surface area contributed by atoms with Crippen LogP contribution >= 0.6 is 0 Å². The Kier molecular flexibility index (Phi) is 7.45. The van der Waals surface area contributed by atoms with E-state index in [0.717, 1.165) is 12.0 Å². The molecule has 0 aliphatic carbocycles. The number of amides is 1. The number of nitrogens with one attached hydrogen (secondary N) is 1. The molecule has 0 unspecified atom stereocenters. The molecule has 9 nitrogen and oxygen atoms in total. The molecular formula is C22H24N4O5. The van der Waals surface area contributed by atoms with Crippen LogP contribution in [0.4, 0.5) is 5.69 Å². The lowest BCUT2D eigenvalue weighted by Crippen LogP contribution is -2.35. The van der Waals surface area contributed by atoms with Gasteiger partial charge in [-0.15, -0.1) is 0 Å². The zero-order valence-electron chi connectivity index (χ0n) is 17.4. The second kappa shape index (κ2) is 10.4. The Bertz CT molecular complexity index is 1020. The van der Waals surface area contributed by atoms with Gasteiger partial charge in [0.05, 0.1) is 11.5 Å². The van der Waals surface area contributed by atoms with Crippen molar-refractivity contribution in [2.45, 2.75) is 32.9 Å². The quantitative estimate of drug-likeness (QED) is 0.385. The highest BCUT2D eigenvalue weighted by Gasteiger charge is 2.26. The monoisotopic (exact) mass is 424 g/mol. The maximum Gasteiger partial charge on any atom is 0.270 e. The number of ether oxygens (including phenoxy) is 1. The number of nitro groups is 1. The normalized spacial score (nSPS) is 12.8. The summed E-state index contributed by atoms with van der Waals surface area (Å²) in [6, 6.07) is 15.1. The fourth-order valence-corrected chi connectivity index (χ4v) is 2.97. The van der Waals surface area contributed by atoms with Crippen LogP contribution in [-0.4, -0.2) is 27.6 Å². The smallest absolute Gasteiger partial charge is 0.270 e. The summed E-state index contributed by atoms with van der Waals surface area (Å²) in [4.78, 5) is 27.3. The molecule has 3 rings (SSSR count). The number of nitro benzene ring substituents is 1. The minimum Gasteiger partial charge on any atom is -0.367 e. The number of nitrogens with zero attached hydrogens (tertiary/aromatic N) is 3. The van der Waals surface area contributed by atoms with Crippen molar-refractivity contribution in [3.05, 3.63) is 76.2 Å². The number of non-ortho nitro benzene ring substituents is 1. The number of benzene rings is 2. The molecule has 0 saturated carbocycles. The molecule has 162 valence electrons. The van der Waals surface area contributed by atoms with Crippen LogP contribution in [0.1, 0.15) is 37.8 Å². The number of carbonyl (C=O) groups excluding carboxylic acids is 1. The third kappa shape index (κ3) is 5.95. The molecule has 0 radical (unpaired) electrons. The summed E-state index contributed by atoms with van der Waals surface area (Å²) in [7, 11) is 0. The summed E-state index contributed by atoms with van der Waals surface area (Å²) in [6.45, 7) is 4.19. The average Bonchev–Trinajstić information content (AvgIpc) is 3.28. The lowest BCUT2D eigenvalue weighted by Gasteiger charge is -2.20. The molecule has 1 heterocycles. The van der Waals surface area contributed by atoms with E-state index < -0.39 is 11.0 Å². The second-order valence-corrected chi connectivity index (χ2v) is 7.17. The predicted octanol–water partition coefficient (Wildman–Crippen LogP) is 4.07. The maximum absolute atomic E-state index is 12.4. The Morgan fingerprint density at radius 1 is 1.23 bits per heavy atom. The van der Waals surface area contributed by atoms with Gasteiger partial charge in [0.15, 0.2) is 0 Å². The highest BCUT2D eigenvalue weighted by molar-refractivity contribution is 5.77. The average molecular weight is 424 g/mol. The summed E-state index contributed by atoms with van der Waals surface area (Å²) in [5.41, 5.74) is 1.38. The third-order valence-electron chi connectivity index (χ3n) is 4.90. The van der Waals surface area contributed by atoms with Gasteiger partial charge in [-0.3, -0.25) is 14.9 Å². The van der Waals surface area contributed by atoms with Crippen LogP contribution in [0.15, 0.2) is 59.1 Å². The van der Waals surface area contributed by atoms with E-state index in [1.165, 1.54) is 12.1 Å². The molecule has 31 heavy (non-hydrogen) atoms. The first-order chi connectivity index (χ1) is 15.0. The summed E-state index contributed by atoms with van der Waals surface area (Å²) in [5, 5.41) is 17.8. The first kappa shape index (κ1) is 22.1. The number of rotatable bonds is 10. The highest BCUT2D eigenvalue weighted by atomic mass is 16.6. The van der Waals surface area contributed by atoms with Crippen molar-refractivity contribution in [2.24, 2.45) is 5.92 Å². The highest BCUT2D eigenvalue weighted by Crippen LogP contribution is 2.27. The van der Waals surface area contributed by atoms with E-state index in [2.05, 4.69) is 15.5 Å². The Morgan fingerprint density at radius 2 is 2.00 bits per heavy atom. The van der Waals surface area contributed by atoms with Crippen molar-refractivity contribution < 1.29 is 19.0 Å². The van der Waals surface area contributed by atoms with Crippen LogP contribution in [0, 0.1) is 16.0 Å². The summed E-state index contributed by atoms with van der Waals surface area (Å²) < 4.78 is 10.9. The van der Waals surface area contributed by atoms with E-state index in [-0.39, 0.29) is 35.8 Å². The molecule has 0 bridgehead atoms. The van der Waals surface area contributed by atoms with Crippen molar-refractivity contribution in [2.75, 3.05) is 6.61 Å². The zero-order chi connectivity index (χ0) is 22.2. The Hall–Kier alpha value is -3.59. The number of hydrogen-bond acceptors (Lipinski definition) is 7. The molecule has 0 aliphatic rings. The Balaban J connectivity index is 1.67. The lowest BCUT2D eigenvalue weighted by molar-refractivity contribution is -0.384. The number of carbonyl (C=O) groups is 1. The van der Waals surface area contributed by atoms with Gasteiger partial charge in [0, 0.05) is 17.7 Å². The van der Waals surface area contributed by atoms with E-state index in [9.17, 15) is 14.9 Å². The van der Waals surface area contributed by atoms with Crippen LogP contribution in [0.25, 0.3) is 11.4 Å². The van der Waals surface area contributed by atoms with Gasteiger partial charge < -0.3 is 14.6 Å². The molecule has 2 aromatic carbocycles. The van der Waals surface area contributed by atoms with Gasteiger partial charge in [-0.2, -0.15) is 4.98 Å². The first-order valence-corrected chi connectivity index (χ1v) is 9.97. The fraction of sp³-hybridized carbons (Fsp3) is 0.318. The first-order valence-electron chi connectivity index (χ1n) is 9.97. The molecule has 1 N–H and O–H groups in total. The maximum atomic E-state index is 12.4.